The van der Waals surface area contributed by atoms with E-state index < -0.39 is 0 Å². The lowest BCUT2D eigenvalue weighted by molar-refractivity contribution is 0.0954. The molecule has 2 atom stereocenters. The lowest BCUT2D eigenvalue weighted by Crippen LogP contribution is -2.39. The van der Waals surface area contributed by atoms with Crippen molar-refractivity contribution in [3.05, 3.63) is 35.4 Å². The van der Waals surface area contributed by atoms with Crippen molar-refractivity contribution >= 4 is 11.9 Å². The standard InChI is InChI=1S/C17H26N4O/c1-4-18-17(21-15-11-13(15)3)20-9-8-19-16(22)14-7-5-6-12(2)10-14/h5-7,10,13,15H,4,8-9,11H2,1-3H3,(H,19,22)(H2,18,20,21). The normalized spacial score (nSPS) is 20.4. The quantitative estimate of drug-likeness (QED) is 0.426. The maximum absolute atomic E-state index is 12.0. The van der Waals surface area contributed by atoms with Crippen molar-refractivity contribution in [3.63, 3.8) is 0 Å². The van der Waals surface area contributed by atoms with Crippen LogP contribution < -0.4 is 16.0 Å². The molecule has 0 aliphatic heterocycles. The summed E-state index contributed by atoms with van der Waals surface area (Å²) in [7, 11) is 0. The first-order chi connectivity index (χ1) is 10.6. The molecule has 3 N–H and O–H groups in total. The first-order valence-corrected chi connectivity index (χ1v) is 8.00. The van der Waals surface area contributed by atoms with E-state index in [9.17, 15) is 4.79 Å². The van der Waals surface area contributed by atoms with Crippen molar-refractivity contribution in [2.24, 2.45) is 10.9 Å². The fourth-order valence-corrected chi connectivity index (χ4v) is 2.24. The van der Waals surface area contributed by atoms with Gasteiger partial charge in [0.1, 0.15) is 0 Å². The van der Waals surface area contributed by atoms with Crippen LogP contribution in [0.5, 0.6) is 0 Å². The molecular formula is C17H26N4O. The van der Waals surface area contributed by atoms with Gasteiger partial charge < -0.3 is 16.0 Å². The number of carbonyl (C=O) groups excluding carboxylic acids is 1. The first-order valence-electron chi connectivity index (χ1n) is 8.00. The molecule has 1 saturated carbocycles. The van der Waals surface area contributed by atoms with Gasteiger partial charge in [-0.25, -0.2) is 0 Å². The minimum atomic E-state index is -0.0484. The van der Waals surface area contributed by atoms with Crippen LogP contribution in [-0.2, 0) is 0 Å². The number of nitrogens with one attached hydrogen (secondary N) is 3. The largest absolute Gasteiger partial charge is 0.357 e. The molecule has 2 unspecified atom stereocenters. The van der Waals surface area contributed by atoms with Crippen LogP contribution in [0.1, 0.15) is 36.2 Å². The van der Waals surface area contributed by atoms with E-state index in [4.69, 9.17) is 0 Å². The zero-order valence-corrected chi connectivity index (χ0v) is 13.6. The Labute approximate surface area is 132 Å². The lowest BCUT2D eigenvalue weighted by Gasteiger charge is -2.11. The van der Waals surface area contributed by atoms with Crippen LogP contribution in [0.25, 0.3) is 0 Å². The van der Waals surface area contributed by atoms with E-state index >= 15 is 0 Å². The van der Waals surface area contributed by atoms with Crippen LogP contribution in [0.3, 0.4) is 0 Å². The van der Waals surface area contributed by atoms with E-state index in [0.717, 1.165) is 24.0 Å². The van der Waals surface area contributed by atoms with Crippen molar-refractivity contribution < 1.29 is 4.79 Å². The topological polar surface area (TPSA) is 65.5 Å². The predicted octanol–water partition coefficient (Wildman–Crippen LogP) is 1.69. The zero-order chi connectivity index (χ0) is 15.9. The second-order valence-corrected chi connectivity index (χ2v) is 5.85. The molecule has 0 heterocycles. The molecule has 22 heavy (non-hydrogen) atoms. The Bertz CT molecular complexity index is 541. The lowest BCUT2D eigenvalue weighted by atomic mass is 10.1. The molecule has 1 aliphatic rings. The highest BCUT2D eigenvalue weighted by Gasteiger charge is 2.33. The van der Waals surface area contributed by atoms with Gasteiger partial charge in [0.25, 0.3) is 5.91 Å². The molecule has 5 nitrogen and oxygen atoms in total. The van der Waals surface area contributed by atoms with Crippen LogP contribution in [0.4, 0.5) is 0 Å². The van der Waals surface area contributed by atoms with E-state index in [-0.39, 0.29) is 5.91 Å². The van der Waals surface area contributed by atoms with Crippen LogP contribution in [0, 0.1) is 12.8 Å². The van der Waals surface area contributed by atoms with Gasteiger partial charge in [-0.2, -0.15) is 0 Å². The predicted molar refractivity (Wildman–Crippen MR) is 90.2 cm³/mol. The molecule has 0 aromatic heterocycles. The fourth-order valence-electron chi connectivity index (χ4n) is 2.24. The van der Waals surface area contributed by atoms with Gasteiger partial charge in [0.05, 0.1) is 6.54 Å². The number of carbonyl (C=O) groups is 1. The minimum Gasteiger partial charge on any atom is -0.357 e. The van der Waals surface area contributed by atoms with Gasteiger partial charge in [0.2, 0.25) is 0 Å². The second kappa shape index (κ2) is 7.82. The SMILES string of the molecule is CCNC(=NCCNC(=O)c1cccc(C)c1)NC1CC1C. The summed E-state index contributed by atoms with van der Waals surface area (Å²) in [5.41, 5.74) is 1.78. The Balaban J connectivity index is 1.76. The summed E-state index contributed by atoms with van der Waals surface area (Å²) < 4.78 is 0. The van der Waals surface area contributed by atoms with Crippen LogP contribution >= 0.6 is 0 Å². The Kier molecular flexibility index (Phi) is 5.81. The number of rotatable bonds is 6. The number of benzene rings is 1. The number of hydrogen-bond acceptors (Lipinski definition) is 2. The van der Waals surface area contributed by atoms with Gasteiger partial charge in [-0.1, -0.05) is 24.6 Å². The van der Waals surface area contributed by atoms with Crippen molar-refractivity contribution in [1.82, 2.24) is 16.0 Å². The van der Waals surface area contributed by atoms with Gasteiger partial charge >= 0.3 is 0 Å². The number of amides is 1. The van der Waals surface area contributed by atoms with E-state index in [0.29, 0.717) is 24.7 Å². The molecular weight excluding hydrogens is 276 g/mol. The summed E-state index contributed by atoms with van der Waals surface area (Å²) in [5.74, 6) is 1.51. The molecule has 0 spiro atoms. The third-order valence-electron chi connectivity index (χ3n) is 3.72. The smallest absolute Gasteiger partial charge is 0.251 e. The van der Waals surface area contributed by atoms with Crippen LogP contribution in [0.15, 0.2) is 29.3 Å². The molecule has 1 aliphatic carbocycles. The van der Waals surface area contributed by atoms with E-state index in [1.54, 1.807) is 0 Å². The Morgan fingerprint density at radius 3 is 2.77 bits per heavy atom. The number of aryl methyl sites for hydroxylation is 1. The van der Waals surface area contributed by atoms with Gasteiger partial charge in [-0.05, 0) is 38.3 Å². The Morgan fingerprint density at radius 1 is 1.36 bits per heavy atom. The molecule has 120 valence electrons. The summed E-state index contributed by atoms with van der Waals surface area (Å²) in [6.07, 6.45) is 1.20. The van der Waals surface area contributed by atoms with E-state index in [1.807, 2.05) is 38.1 Å². The van der Waals surface area contributed by atoms with Crippen molar-refractivity contribution in [1.29, 1.82) is 0 Å². The summed E-state index contributed by atoms with van der Waals surface area (Å²) >= 11 is 0. The molecule has 5 heteroatoms. The maximum Gasteiger partial charge on any atom is 0.251 e. The first kappa shape index (κ1) is 16.3. The van der Waals surface area contributed by atoms with Crippen molar-refractivity contribution in [3.8, 4) is 0 Å². The molecule has 1 fully saturated rings. The third kappa shape index (κ3) is 5.06. The summed E-state index contributed by atoms with van der Waals surface area (Å²) in [6.45, 7) is 8.19. The molecule has 1 aromatic carbocycles. The van der Waals surface area contributed by atoms with Crippen molar-refractivity contribution in [2.45, 2.75) is 33.2 Å². The Morgan fingerprint density at radius 2 is 2.14 bits per heavy atom. The summed E-state index contributed by atoms with van der Waals surface area (Å²) in [4.78, 5) is 16.5. The van der Waals surface area contributed by atoms with Gasteiger partial charge in [-0.15, -0.1) is 0 Å². The fraction of sp³-hybridized carbons (Fsp3) is 0.529. The number of nitrogens with zero attached hydrogens (tertiary/aromatic N) is 1. The zero-order valence-electron chi connectivity index (χ0n) is 13.6. The maximum atomic E-state index is 12.0. The average Bonchev–Trinajstić information content (AvgIpc) is 3.18. The molecule has 0 radical (unpaired) electrons. The Hall–Kier alpha value is -2.04. The summed E-state index contributed by atoms with van der Waals surface area (Å²) in [6, 6.07) is 8.13. The second-order valence-electron chi connectivity index (χ2n) is 5.85. The minimum absolute atomic E-state index is 0.0484. The molecule has 1 amide bonds. The number of guanidine groups is 1. The number of hydrogen-bond donors (Lipinski definition) is 3. The third-order valence-corrected chi connectivity index (χ3v) is 3.72. The highest BCUT2D eigenvalue weighted by Crippen LogP contribution is 2.28. The van der Waals surface area contributed by atoms with Gasteiger partial charge in [0, 0.05) is 24.7 Å². The van der Waals surface area contributed by atoms with Crippen molar-refractivity contribution in [2.75, 3.05) is 19.6 Å². The number of aliphatic imine (C=N–C) groups is 1. The van der Waals surface area contributed by atoms with Crippen LogP contribution in [0.2, 0.25) is 0 Å². The summed E-state index contributed by atoms with van der Waals surface area (Å²) in [5, 5.41) is 9.52. The van der Waals surface area contributed by atoms with E-state index in [2.05, 4.69) is 27.9 Å². The monoisotopic (exact) mass is 302 g/mol. The molecule has 2 rings (SSSR count). The van der Waals surface area contributed by atoms with Gasteiger partial charge in [-0.3, -0.25) is 9.79 Å². The highest BCUT2D eigenvalue weighted by atomic mass is 16.1. The van der Waals surface area contributed by atoms with Gasteiger partial charge in [0.15, 0.2) is 5.96 Å². The highest BCUT2D eigenvalue weighted by molar-refractivity contribution is 5.94. The molecule has 0 bridgehead atoms. The van der Waals surface area contributed by atoms with E-state index in [1.165, 1.54) is 6.42 Å². The van der Waals surface area contributed by atoms with Crippen LogP contribution in [-0.4, -0.2) is 37.5 Å². The molecule has 0 saturated heterocycles. The molecule has 1 aromatic rings. The average molecular weight is 302 g/mol.